The van der Waals surface area contributed by atoms with Gasteiger partial charge in [0.15, 0.2) is 0 Å². The van der Waals surface area contributed by atoms with E-state index in [1.165, 1.54) is 31.2 Å². The molecule has 0 spiro atoms. The van der Waals surface area contributed by atoms with Gasteiger partial charge < -0.3 is 15.4 Å². The van der Waals surface area contributed by atoms with Gasteiger partial charge in [-0.1, -0.05) is 12.1 Å². The molecule has 2 rings (SSSR count). The average Bonchev–Trinajstić information content (AvgIpc) is 2.60. The lowest BCUT2D eigenvalue weighted by Crippen LogP contribution is -2.30. The monoisotopic (exact) mass is 358 g/mol. The number of ether oxygens (including phenoxy) is 1. The number of rotatable bonds is 7. The van der Waals surface area contributed by atoms with Crippen LogP contribution in [0, 0.1) is 5.82 Å². The Labute approximate surface area is 150 Å². The fraction of sp³-hybridized carbons (Fsp3) is 0.211. The largest absolute Gasteiger partial charge is 0.427 e. The highest BCUT2D eigenvalue weighted by Crippen LogP contribution is 2.13. The second kappa shape index (κ2) is 9.31. The van der Waals surface area contributed by atoms with Crippen LogP contribution < -0.4 is 15.4 Å². The topological polar surface area (TPSA) is 84.5 Å². The first-order valence-electron chi connectivity index (χ1n) is 8.06. The summed E-state index contributed by atoms with van der Waals surface area (Å²) in [5.74, 6) is -1.31. The van der Waals surface area contributed by atoms with Gasteiger partial charge in [0, 0.05) is 31.1 Å². The van der Waals surface area contributed by atoms with E-state index in [-0.39, 0.29) is 17.4 Å². The van der Waals surface area contributed by atoms with Crippen molar-refractivity contribution in [3.05, 3.63) is 65.5 Å². The zero-order chi connectivity index (χ0) is 18.9. The highest BCUT2D eigenvalue weighted by Gasteiger charge is 2.08. The third-order valence-electron chi connectivity index (χ3n) is 3.37. The molecule has 0 aliphatic carbocycles. The van der Waals surface area contributed by atoms with E-state index in [1.54, 1.807) is 18.2 Å². The molecule has 26 heavy (non-hydrogen) atoms. The van der Waals surface area contributed by atoms with Gasteiger partial charge in [-0.2, -0.15) is 0 Å². The summed E-state index contributed by atoms with van der Waals surface area (Å²) >= 11 is 0. The first-order valence-corrected chi connectivity index (χ1v) is 8.06. The van der Waals surface area contributed by atoms with Crippen molar-refractivity contribution in [2.75, 3.05) is 13.1 Å². The Morgan fingerprint density at radius 1 is 0.923 bits per heavy atom. The highest BCUT2D eigenvalue weighted by atomic mass is 19.1. The lowest BCUT2D eigenvalue weighted by Gasteiger charge is -2.08. The number of benzene rings is 2. The fourth-order valence-electron chi connectivity index (χ4n) is 2.19. The van der Waals surface area contributed by atoms with E-state index in [0.29, 0.717) is 30.8 Å². The standard InChI is InChI=1S/C19H19FN2O4/c1-13(23)26-17-8-3-6-15(12-17)19(25)22-10-4-9-21-18(24)14-5-2-7-16(20)11-14/h2-3,5-8,11-12H,4,9-10H2,1H3,(H,21,24)(H,22,25). The number of carbonyl (C=O) groups is 3. The van der Waals surface area contributed by atoms with Crippen molar-refractivity contribution in [1.29, 1.82) is 0 Å². The van der Waals surface area contributed by atoms with Gasteiger partial charge in [-0.25, -0.2) is 4.39 Å². The van der Waals surface area contributed by atoms with Gasteiger partial charge in [0.2, 0.25) is 0 Å². The van der Waals surface area contributed by atoms with Crippen LogP contribution in [-0.4, -0.2) is 30.9 Å². The van der Waals surface area contributed by atoms with Gasteiger partial charge in [0.05, 0.1) is 0 Å². The van der Waals surface area contributed by atoms with Crippen LogP contribution in [0.15, 0.2) is 48.5 Å². The van der Waals surface area contributed by atoms with E-state index in [0.717, 1.165) is 6.07 Å². The van der Waals surface area contributed by atoms with Gasteiger partial charge in [-0.3, -0.25) is 14.4 Å². The number of hydrogen-bond acceptors (Lipinski definition) is 4. The van der Waals surface area contributed by atoms with Crippen LogP contribution in [0.4, 0.5) is 4.39 Å². The molecular weight excluding hydrogens is 339 g/mol. The number of esters is 1. The molecule has 0 bridgehead atoms. The van der Waals surface area contributed by atoms with Crippen molar-refractivity contribution in [2.24, 2.45) is 0 Å². The minimum atomic E-state index is -0.471. The Balaban J connectivity index is 1.73. The number of amides is 2. The summed E-state index contributed by atoms with van der Waals surface area (Å²) in [4.78, 5) is 34.8. The lowest BCUT2D eigenvalue weighted by molar-refractivity contribution is -0.131. The Morgan fingerprint density at radius 3 is 2.08 bits per heavy atom. The van der Waals surface area contributed by atoms with Crippen molar-refractivity contribution < 1.29 is 23.5 Å². The van der Waals surface area contributed by atoms with Gasteiger partial charge >= 0.3 is 5.97 Å². The molecule has 2 N–H and O–H groups in total. The zero-order valence-corrected chi connectivity index (χ0v) is 14.3. The fourth-order valence-corrected chi connectivity index (χ4v) is 2.19. The molecule has 0 fully saturated rings. The number of halogens is 1. The minimum absolute atomic E-state index is 0.247. The van der Waals surface area contributed by atoms with Crippen LogP contribution >= 0.6 is 0 Å². The summed E-state index contributed by atoms with van der Waals surface area (Å²) in [6.07, 6.45) is 0.510. The molecule has 0 heterocycles. The smallest absolute Gasteiger partial charge is 0.308 e. The molecule has 0 aromatic heterocycles. The van der Waals surface area contributed by atoms with E-state index in [2.05, 4.69) is 10.6 Å². The van der Waals surface area contributed by atoms with E-state index < -0.39 is 11.8 Å². The molecule has 0 saturated carbocycles. The Morgan fingerprint density at radius 2 is 1.50 bits per heavy atom. The van der Waals surface area contributed by atoms with Gasteiger partial charge in [-0.15, -0.1) is 0 Å². The Hall–Kier alpha value is -3.22. The van der Waals surface area contributed by atoms with Crippen LogP contribution in [0.3, 0.4) is 0 Å². The van der Waals surface area contributed by atoms with Crippen molar-refractivity contribution in [2.45, 2.75) is 13.3 Å². The van der Waals surface area contributed by atoms with E-state index >= 15 is 0 Å². The number of hydrogen-bond donors (Lipinski definition) is 2. The van der Waals surface area contributed by atoms with E-state index in [1.807, 2.05) is 0 Å². The van der Waals surface area contributed by atoms with E-state index in [4.69, 9.17) is 4.74 Å². The predicted molar refractivity (Wildman–Crippen MR) is 93.4 cm³/mol. The molecule has 2 aromatic rings. The zero-order valence-electron chi connectivity index (χ0n) is 14.3. The molecule has 7 heteroatoms. The Bertz CT molecular complexity index is 808. The average molecular weight is 358 g/mol. The van der Waals surface area contributed by atoms with Crippen LogP contribution in [-0.2, 0) is 4.79 Å². The van der Waals surface area contributed by atoms with Crippen molar-refractivity contribution in [1.82, 2.24) is 10.6 Å². The van der Waals surface area contributed by atoms with Crippen molar-refractivity contribution in [3.63, 3.8) is 0 Å². The van der Waals surface area contributed by atoms with Crippen molar-refractivity contribution >= 4 is 17.8 Å². The van der Waals surface area contributed by atoms with Crippen LogP contribution in [0.5, 0.6) is 5.75 Å². The summed E-state index contributed by atoms with van der Waals surface area (Å²) in [5.41, 5.74) is 0.615. The van der Waals surface area contributed by atoms with Crippen LogP contribution in [0.1, 0.15) is 34.1 Å². The summed E-state index contributed by atoms with van der Waals surface area (Å²) in [7, 11) is 0. The summed E-state index contributed by atoms with van der Waals surface area (Å²) in [6, 6.07) is 11.7. The quantitative estimate of drug-likeness (QED) is 0.452. The predicted octanol–water partition coefficient (Wildman–Crippen LogP) is 2.30. The molecule has 0 unspecified atom stereocenters. The third-order valence-corrected chi connectivity index (χ3v) is 3.37. The molecule has 136 valence electrons. The van der Waals surface area contributed by atoms with E-state index in [9.17, 15) is 18.8 Å². The maximum Gasteiger partial charge on any atom is 0.308 e. The third kappa shape index (κ3) is 6.01. The molecular formula is C19H19FN2O4. The highest BCUT2D eigenvalue weighted by molar-refractivity contribution is 5.95. The first-order chi connectivity index (χ1) is 12.5. The summed E-state index contributed by atoms with van der Waals surface area (Å²) < 4.78 is 18.0. The molecule has 0 radical (unpaired) electrons. The van der Waals surface area contributed by atoms with Gasteiger partial charge in [0.1, 0.15) is 11.6 Å². The van der Waals surface area contributed by atoms with Crippen LogP contribution in [0.2, 0.25) is 0 Å². The lowest BCUT2D eigenvalue weighted by atomic mass is 10.2. The molecule has 6 nitrogen and oxygen atoms in total. The van der Waals surface area contributed by atoms with Gasteiger partial charge in [0.25, 0.3) is 11.8 Å². The molecule has 0 saturated heterocycles. The van der Waals surface area contributed by atoms with Crippen LogP contribution in [0.25, 0.3) is 0 Å². The Kier molecular flexibility index (Phi) is 6.84. The molecule has 0 aliphatic heterocycles. The van der Waals surface area contributed by atoms with Gasteiger partial charge in [-0.05, 0) is 42.8 Å². The molecule has 0 aliphatic rings. The number of nitrogens with one attached hydrogen (secondary N) is 2. The maximum atomic E-state index is 13.1. The minimum Gasteiger partial charge on any atom is -0.427 e. The second-order valence-electron chi connectivity index (χ2n) is 5.50. The molecule has 2 amide bonds. The maximum absolute atomic E-state index is 13.1. The normalized spacial score (nSPS) is 10.1. The first kappa shape index (κ1) is 19.1. The second-order valence-corrected chi connectivity index (χ2v) is 5.50. The molecule has 0 atom stereocenters. The summed E-state index contributed by atoms with van der Waals surface area (Å²) in [5, 5.41) is 5.37. The number of carbonyl (C=O) groups excluding carboxylic acids is 3. The SMILES string of the molecule is CC(=O)Oc1cccc(C(=O)NCCCNC(=O)c2cccc(F)c2)c1. The molecule has 2 aromatic carbocycles. The summed E-state index contributed by atoms with van der Waals surface area (Å²) in [6.45, 7) is 1.97. The van der Waals surface area contributed by atoms with Crippen molar-refractivity contribution in [3.8, 4) is 5.75 Å².